The molecule has 0 unspecified atom stereocenters. The van der Waals surface area contributed by atoms with Gasteiger partial charge in [-0.2, -0.15) is 5.10 Å². The summed E-state index contributed by atoms with van der Waals surface area (Å²) in [7, 11) is 0. The second-order valence-corrected chi connectivity index (χ2v) is 3.86. The van der Waals surface area contributed by atoms with Gasteiger partial charge in [0.2, 0.25) is 0 Å². The van der Waals surface area contributed by atoms with Gasteiger partial charge in [0.25, 0.3) is 0 Å². The monoisotopic (exact) mass is 231 g/mol. The Bertz CT molecular complexity index is 503. The zero-order valence-electron chi connectivity index (χ0n) is 10.2. The highest BCUT2D eigenvalue weighted by atomic mass is 15.3. The average Bonchev–Trinajstić information content (AvgIpc) is 2.74. The van der Waals surface area contributed by atoms with E-state index < -0.39 is 0 Å². The van der Waals surface area contributed by atoms with Crippen molar-refractivity contribution < 1.29 is 0 Å². The SMILES string of the molecule is CCc1nc(CC)n(Cc2cccnc2N)n1. The van der Waals surface area contributed by atoms with E-state index in [0.29, 0.717) is 12.4 Å². The van der Waals surface area contributed by atoms with E-state index in [4.69, 9.17) is 5.73 Å². The predicted molar refractivity (Wildman–Crippen MR) is 66.5 cm³/mol. The van der Waals surface area contributed by atoms with Crippen LogP contribution in [0.5, 0.6) is 0 Å². The summed E-state index contributed by atoms with van der Waals surface area (Å²) in [5.74, 6) is 2.43. The van der Waals surface area contributed by atoms with E-state index in [-0.39, 0.29) is 0 Å². The summed E-state index contributed by atoms with van der Waals surface area (Å²) in [5, 5.41) is 4.46. The summed E-state index contributed by atoms with van der Waals surface area (Å²) in [6.07, 6.45) is 3.41. The molecule has 0 aliphatic heterocycles. The number of aryl methyl sites for hydroxylation is 2. The Hall–Kier alpha value is -1.91. The molecule has 2 rings (SSSR count). The summed E-state index contributed by atoms with van der Waals surface area (Å²) in [5.41, 5.74) is 6.81. The van der Waals surface area contributed by atoms with Crippen LogP contribution in [-0.2, 0) is 19.4 Å². The van der Waals surface area contributed by atoms with Crippen LogP contribution in [-0.4, -0.2) is 19.7 Å². The largest absolute Gasteiger partial charge is 0.383 e. The highest BCUT2D eigenvalue weighted by molar-refractivity contribution is 5.38. The van der Waals surface area contributed by atoms with Gasteiger partial charge in [0, 0.05) is 24.6 Å². The van der Waals surface area contributed by atoms with Crippen molar-refractivity contribution >= 4 is 5.82 Å². The molecule has 0 radical (unpaired) electrons. The molecule has 2 N–H and O–H groups in total. The summed E-state index contributed by atoms with van der Waals surface area (Å²) in [4.78, 5) is 8.54. The molecule has 0 aliphatic rings. The molecular formula is C12H17N5. The van der Waals surface area contributed by atoms with Crippen molar-refractivity contribution in [2.75, 3.05) is 5.73 Å². The van der Waals surface area contributed by atoms with Crippen LogP contribution in [0.15, 0.2) is 18.3 Å². The van der Waals surface area contributed by atoms with Gasteiger partial charge in [-0.3, -0.25) is 0 Å². The molecule has 0 spiro atoms. The lowest BCUT2D eigenvalue weighted by Gasteiger charge is -2.06. The fourth-order valence-corrected chi connectivity index (χ4v) is 1.71. The van der Waals surface area contributed by atoms with Crippen LogP contribution >= 0.6 is 0 Å². The van der Waals surface area contributed by atoms with Gasteiger partial charge in [0.15, 0.2) is 5.82 Å². The van der Waals surface area contributed by atoms with Crippen LogP contribution in [0.25, 0.3) is 0 Å². The second-order valence-electron chi connectivity index (χ2n) is 3.86. The number of rotatable bonds is 4. The molecule has 0 amide bonds. The summed E-state index contributed by atoms with van der Waals surface area (Å²) >= 11 is 0. The molecule has 0 saturated heterocycles. The molecule has 0 fully saturated rings. The number of pyridine rings is 1. The first-order valence-corrected chi connectivity index (χ1v) is 5.86. The van der Waals surface area contributed by atoms with Crippen molar-refractivity contribution in [3.05, 3.63) is 35.5 Å². The van der Waals surface area contributed by atoms with Gasteiger partial charge in [-0.25, -0.2) is 14.6 Å². The molecule has 0 aliphatic carbocycles. The Labute approximate surface area is 101 Å². The van der Waals surface area contributed by atoms with Crippen molar-refractivity contribution in [3.63, 3.8) is 0 Å². The van der Waals surface area contributed by atoms with Crippen molar-refractivity contribution in [2.45, 2.75) is 33.2 Å². The summed E-state index contributed by atoms with van der Waals surface area (Å²) in [6.45, 7) is 4.76. The molecule has 17 heavy (non-hydrogen) atoms. The van der Waals surface area contributed by atoms with Crippen molar-refractivity contribution in [2.24, 2.45) is 0 Å². The lowest BCUT2D eigenvalue weighted by Crippen LogP contribution is -2.09. The van der Waals surface area contributed by atoms with Crippen LogP contribution in [0.3, 0.4) is 0 Å². The van der Waals surface area contributed by atoms with E-state index in [2.05, 4.69) is 28.9 Å². The molecule has 90 valence electrons. The molecule has 2 aromatic heterocycles. The maximum atomic E-state index is 5.83. The number of nitrogens with zero attached hydrogens (tertiary/aromatic N) is 4. The normalized spacial score (nSPS) is 10.7. The van der Waals surface area contributed by atoms with Crippen molar-refractivity contribution in [3.8, 4) is 0 Å². The molecule has 0 atom stereocenters. The third kappa shape index (κ3) is 2.43. The molecule has 0 bridgehead atoms. The summed E-state index contributed by atoms with van der Waals surface area (Å²) in [6, 6.07) is 3.85. The van der Waals surface area contributed by atoms with Gasteiger partial charge < -0.3 is 5.73 Å². The molecule has 0 saturated carbocycles. The maximum absolute atomic E-state index is 5.83. The topological polar surface area (TPSA) is 69.6 Å². The Morgan fingerprint density at radius 3 is 2.76 bits per heavy atom. The molecular weight excluding hydrogens is 214 g/mol. The fourth-order valence-electron chi connectivity index (χ4n) is 1.71. The second kappa shape index (κ2) is 4.95. The first kappa shape index (κ1) is 11.6. The maximum Gasteiger partial charge on any atom is 0.150 e. The van der Waals surface area contributed by atoms with Crippen LogP contribution in [0.4, 0.5) is 5.82 Å². The first-order chi connectivity index (χ1) is 8.24. The Morgan fingerprint density at radius 2 is 2.12 bits per heavy atom. The van der Waals surface area contributed by atoms with Gasteiger partial charge in [-0.05, 0) is 6.07 Å². The van der Waals surface area contributed by atoms with Gasteiger partial charge in [0.05, 0.1) is 6.54 Å². The van der Waals surface area contributed by atoms with Crippen molar-refractivity contribution in [1.29, 1.82) is 0 Å². The zero-order valence-corrected chi connectivity index (χ0v) is 10.2. The Morgan fingerprint density at radius 1 is 1.29 bits per heavy atom. The Kier molecular flexibility index (Phi) is 3.37. The number of nitrogen functional groups attached to an aromatic ring is 1. The highest BCUT2D eigenvalue weighted by Gasteiger charge is 2.09. The molecule has 0 aromatic carbocycles. The molecule has 2 aromatic rings. The minimum absolute atomic E-state index is 0.558. The van der Waals surface area contributed by atoms with E-state index in [9.17, 15) is 0 Å². The van der Waals surface area contributed by atoms with Gasteiger partial charge in [0.1, 0.15) is 11.6 Å². The quantitative estimate of drug-likeness (QED) is 0.864. The van der Waals surface area contributed by atoms with Gasteiger partial charge in [-0.15, -0.1) is 0 Å². The van der Waals surface area contributed by atoms with E-state index in [1.54, 1.807) is 6.20 Å². The number of anilines is 1. The van der Waals surface area contributed by atoms with Gasteiger partial charge >= 0.3 is 0 Å². The number of aromatic nitrogens is 4. The zero-order chi connectivity index (χ0) is 12.3. The number of hydrogen-bond acceptors (Lipinski definition) is 4. The molecule has 5 nitrogen and oxygen atoms in total. The van der Waals surface area contributed by atoms with Crippen molar-refractivity contribution in [1.82, 2.24) is 19.7 Å². The number of nitrogens with two attached hydrogens (primary N) is 1. The van der Waals surface area contributed by atoms with Crippen LogP contribution in [0.1, 0.15) is 31.1 Å². The van der Waals surface area contributed by atoms with Crippen LogP contribution in [0.2, 0.25) is 0 Å². The number of hydrogen-bond donors (Lipinski definition) is 1. The average molecular weight is 231 g/mol. The minimum Gasteiger partial charge on any atom is -0.383 e. The van der Waals surface area contributed by atoms with E-state index in [1.165, 1.54) is 0 Å². The van der Waals surface area contributed by atoms with Crippen LogP contribution < -0.4 is 5.73 Å². The molecule has 5 heteroatoms. The molecule has 2 heterocycles. The smallest absolute Gasteiger partial charge is 0.150 e. The fraction of sp³-hybridized carbons (Fsp3) is 0.417. The van der Waals surface area contributed by atoms with E-state index in [1.807, 2.05) is 16.8 Å². The first-order valence-electron chi connectivity index (χ1n) is 5.86. The highest BCUT2D eigenvalue weighted by Crippen LogP contribution is 2.10. The van der Waals surface area contributed by atoms with Crippen LogP contribution in [0, 0.1) is 0 Å². The van der Waals surface area contributed by atoms with E-state index >= 15 is 0 Å². The third-order valence-corrected chi connectivity index (χ3v) is 2.67. The minimum atomic E-state index is 0.558. The lowest BCUT2D eigenvalue weighted by molar-refractivity contribution is 0.637. The lowest BCUT2D eigenvalue weighted by atomic mass is 10.2. The van der Waals surface area contributed by atoms with Gasteiger partial charge in [-0.1, -0.05) is 19.9 Å². The Balaban J connectivity index is 2.29. The summed E-state index contributed by atoms with van der Waals surface area (Å²) < 4.78 is 1.91. The predicted octanol–water partition coefficient (Wildman–Crippen LogP) is 1.43. The van der Waals surface area contributed by atoms with E-state index in [0.717, 1.165) is 30.1 Å². The standard InChI is InChI=1S/C12H17N5/c1-3-10-15-11(4-2)17(16-10)8-9-6-5-7-14-12(9)13/h5-7H,3-4,8H2,1-2H3,(H2,13,14). The third-order valence-electron chi connectivity index (χ3n) is 2.67.